The zero-order valence-electron chi connectivity index (χ0n) is 13.6. The number of pyridine rings is 1. The van der Waals surface area contributed by atoms with Gasteiger partial charge in [0.15, 0.2) is 0 Å². The Morgan fingerprint density at radius 1 is 0.880 bits per heavy atom. The number of hydrogen-bond acceptors (Lipinski definition) is 3. The van der Waals surface area contributed by atoms with Gasteiger partial charge in [-0.2, -0.15) is 9.67 Å². The predicted octanol–water partition coefficient (Wildman–Crippen LogP) is 5.12. The maximum absolute atomic E-state index is 5.23. The molecular weight excluding hydrogens is 346 g/mol. The van der Waals surface area contributed by atoms with Gasteiger partial charge in [-0.3, -0.25) is 0 Å². The first kappa shape index (κ1) is 15.9. The molecule has 4 rings (SSSR count). The molecule has 0 saturated heterocycles. The minimum Gasteiger partial charge on any atom is -0.182 e. The van der Waals surface area contributed by atoms with E-state index in [1.54, 1.807) is 0 Å². The molecule has 0 fully saturated rings. The van der Waals surface area contributed by atoms with Gasteiger partial charge in [0.05, 0.1) is 5.10 Å². The molecule has 0 spiro atoms. The molecule has 2 aromatic carbocycles. The Morgan fingerprint density at radius 3 is 2.12 bits per heavy atom. The lowest BCUT2D eigenvalue weighted by Crippen LogP contribution is -2.37. The third-order valence-corrected chi connectivity index (χ3v) is 5.12. The number of aromatic nitrogens is 3. The summed E-state index contributed by atoms with van der Waals surface area (Å²) in [6.45, 7) is 2.10. The highest BCUT2D eigenvalue weighted by molar-refractivity contribution is 7.73. The van der Waals surface area contributed by atoms with E-state index in [0.29, 0.717) is 3.95 Å². The van der Waals surface area contributed by atoms with Crippen LogP contribution >= 0.6 is 23.6 Å². The van der Waals surface area contributed by atoms with Gasteiger partial charge >= 0.3 is 5.13 Å². The number of hydrogen-bond donors (Lipinski definition) is 1. The van der Waals surface area contributed by atoms with E-state index in [9.17, 15) is 0 Å². The molecule has 3 nitrogen and oxygen atoms in total. The van der Waals surface area contributed by atoms with Gasteiger partial charge in [0.1, 0.15) is 11.4 Å². The van der Waals surface area contributed by atoms with Crippen molar-refractivity contribution in [3.05, 3.63) is 82.4 Å². The van der Waals surface area contributed by atoms with Gasteiger partial charge in [-0.15, -0.1) is 0 Å². The molecule has 0 unspecified atom stereocenters. The van der Waals surface area contributed by atoms with Crippen molar-refractivity contribution < 1.29 is 4.57 Å². The van der Waals surface area contributed by atoms with E-state index in [1.165, 1.54) is 22.5 Å². The summed E-state index contributed by atoms with van der Waals surface area (Å²) >= 11 is 6.70. The summed E-state index contributed by atoms with van der Waals surface area (Å²) in [7, 11) is 0. The van der Waals surface area contributed by atoms with Crippen LogP contribution in [-0.2, 0) is 0 Å². The molecule has 0 saturated carbocycles. The summed E-state index contributed by atoms with van der Waals surface area (Å²) in [4.78, 5) is 0. The molecule has 0 bridgehead atoms. The molecule has 2 aromatic heterocycles. The summed E-state index contributed by atoms with van der Waals surface area (Å²) in [6, 6.07) is 25.2. The van der Waals surface area contributed by atoms with E-state index in [0.717, 1.165) is 22.1 Å². The fraction of sp³-hybridized carbons (Fsp3) is 0.0500. The van der Waals surface area contributed by atoms with Crippen LogP contribution in [0, 0.1) is 10.9 Å². The van der Waals surface area contributed by atoms with Crippen molar-refractivity contribution in [1.82, 2.24) is 10.2 Å². The first-order valence-corrected chi connectivity index (χ1v) is 9.18. The van der Waals surface area contributed by atoms with Crippen LogP contribution in [0.5, 0.6) is 0 Å². The zero-order valence-corrected chi connectivity index (χ0v) is 15.3. The lowest BCUT2D eigenvalue weighted by molar-refractivity contribution is -0.590. The zero-order chi connectivity index (χ0) is 17.2. The van der Waals surface area contributed by atoms with Crippen LogP contribution < -0.4 is 4.57 Å². The van der Waals surface area contributed by atoms with Crippen LogP contribution in [0.4, 0.5) is 0 Å². The lowest BCUT2D eigenvalue weighted by Gasteiger charge is -2.11. The molecule has 25 heavy (non-hydrogen) atoms. The van der Waals surface area contributed by atoms with Crippen LogP contribution in [0.15, 0.2) is 72.8 Å². The average Bonchev–Trinajstić information content (AvgIpc) is 3.08. The van der Waals surface area contributed by atoms with Crippen molar-refractivity contribution in [2.24, 2.45) is 0 Å². The second-order valence-electron chi connectivity index (χ2n) is 5.73. The molecule has 0 radical (unpaired) electrons. The third-order valence-electron chi connectivity index (χ3n) is 4.05. The van der Waals surface area contributed by atoms with Crippen molar-refractivity contribution in [3.8, 4) is 27.5 Å². The maximum atomic E-state index is 5.23. The van der Waals surface area contributed by atoms with Crippen molar-refractivity contribution in [3.63, 3.8) is 0 Å². The summed E-state index contributed by atoms with van der Waals surface area (Å²) < 4.78 is 2.83. The number of H-pyrrole nitrogens is 1. The molecule has 5 heteroatoms. The highest BCUT2D eigenvalue weighted by Crippen LogP contribution is 2.26. The molecule has 0 aliphatic rings. The van der Waals surface area contributed by atoms with Crippen molar-refractivity contribution in [2.45, 2.75) is 6.92 Å². The minimum absolute atomic E-state index is 0.674. The summed E-state index contributed by atoms with van der Waals surface area (Å²) in [5, 5.41) is 8.12. The monoisotopic (exact) mass is 362 g/mol. The van der Waals surface area contributed by atoms with E-state index in [4.69, 9.17) is 12.2 Å². The molecular formula is C20H16N3S2+. The minimum atomic E-state index is 0.674. The van der Waals surface area contributed by atoms with E-state index < -0.39 is 0 Å². The Balaban J connectivity index is 2.00. The van der Waals surface area contributed by atoms with Crippen LogP contribution in [0.25, 0.3) is 27.5 Å². The van der Waals surface area contributed by atoms with Crippen LogP contribution in [0.3, 0.4) is 0 Å². The number of nitrogens with zero attached hydrogens (tertiary/aromatic N) is 2. The molecule has 0 atom stereocenters. The molecule has 2 heterocycles. The number of aromatic amines is 1. The molecule has 1 N–H and O–H groups in total. The standard InChI is InChI=1S/C20H15N3S2/c1-14-12-17(15-8-4-2-5-9-15)13-18(16-10-6-3-7-11-16)23(14)19-21-22-20(24)25-19/h2-13H,1H3/p+1. The van der Waals surface area contributed by atoms with Gasteiger partial charge in [-0.1, -0.05) is 60.7 Å². The normalized spacial score (nSPS) is 10.8. The fourth-order valence-corrected chi connectivity index (χ4v) is 3.87. The van der Waals surface area contributed by atoms with E-state index in [2.05, 4.69) is 82.4 Å². The van der Waals surface area contributed by atoms with Gasteiger partial charge in [-0.25, -0.2) is 0 Å². The predicted molar refractivity (Wildman–Crippen MR) is 104 cm³/mol. The number of nitrogens with one attached hydrogen (secondary N) is 1. The fourth-order valence-electron chi connectivity index (χ4n) is 2.92. The van der Waals surface area contributed by atoms with Crippen LogP contribution in [0.1, 0.15) is 5.69 Å². The van der Waals surface area contributed by atoms with Gasteiger partial charge < -0.3 is 0 Å². The third kappa shape index (κ3) is 3.16. The number of benzene rings is 2. The van der Waals surface area contributed by atoms with E-state index in [-0.39, 0.29) is 0 Å². The highest BCUT2D eigenvalue weighted by atomic mass is 32.1. The largest absolute Gasteiger partial charge is 0.414 e. The molecule has 0 amide bonds. The summed E-state index contributed by atoms with van der Waals surface area (Å²) in [5.41, 5.74) is 5.73. The second-order valence-corrected chi connectivity index (χ2v) is 7.38. The first-order chi connectivity index (χ1) is 12.2. The Bertz CT molecular complexity index is 1070. The quantitative estimate of drug-likeness (QED) is 0.405. The maximum Gasteiger partial charge on any atom is 0.414 e. The van der Waals surface area contributed by atoms with E-state index in [1.807, 2.05) is 12.1 Å². The molecule has 0 aliphatic heterocycles. The molecule has 4 aromatic rings. The van der Waals surface area contributed by atoms with Gasteiger partial charge in [-0.05, 0) is 53.7 Å². The van der Waals surface area contributed by atoms with Crippen LogP contribution in [-0.4, -0.2) is 10.2 Å². The second kappa shape index (κ2) is 6.70. The highest BCUT2D eigenvalue weighted by Gasteiger charge is 2.21. The van der Waals surface area contributed by atoms with Gasteiger partial charge in [0, 0.05) is 5.56 Å². The Labute approximate surface area is 155 Å². The Kier molecular flexibility index (Phi) is 4.26. The molecule has 122 valence electrons. The topological polar surface area (TPSA) is 32.6 Å². The van der Waals surface area contributed by atoms with Gasteiger partial charge in [0.25, 0.3) is 0 Å². The number of aryl methyl sites for hydroxylation is 1. The summed E-state index contributed by atoms with van der Waals surface area (Å²) in [5.74, 6) is 0. The SMILES string of the molecule is Cc1cc(-c2ccccc2)cc(-c2ccccc2)[n+]1-c1n[nH]c(=S)s1. The lowest BCUT2D eigenvalue weighted by atomic mass is 10.0. The van der Waals surface area contributed by atoms with Gasteiger partial charge in [0.2, 0.25) is 3.95 Å². The van der Waals surface area contributed by atoms with E-state index >= 15 is 0 Å². The van der Waals surface area contributed by atoms with Crippen molar-refractivity contribution in [1.29, 1.82) is 0 Å². The van der Waals surface area contributed by atoms with Crippen molar-refractivity contribution >= 4 is 23.6 Å². The van der Waals surface area contributed by atoms with Crippen molar-refractivity contribution in [2.75, 3.05) is 0 Å². The Morgan fingerprint density at radius 2 is 1.52 bits per heavy atom. The number of rotatable bonds is 3. The average molecular weight is 363 g/mol. The first-order valence-electron chi connectivity index (χ1n) is 7.96. The molecule has 0 aliphatic carbocycles. The van der Waals surface area contributed by atoms with Crippen LogP contribution in [0.2, 0.25) is 0 Å². The Hall–Kier alpha value is -2.63. The summed E-state index contributed by atoms with van der Waals surface area (Å²) in [6.07, 6.45) is 0. The smallest absolute Gasteiger partial charge is 0.182 e.